The van der Waals surface area contributed by atoms with Crippen LogP contribution in [0.3, 0.4) is 0 Å². The molecule has 15 heteroatoms. The van der Waals surface area contributed by atoms with Crippen molar-refractivity contribution in [2.45, 2.75) is 39.9 Å². The molecule has 1 fully saturated rings. The molecule has 2 aromatic carbocycles. The molecule has 4 heterocycles. The second kappa shape index (κ2) is 14.2. The Morgan fingerprint density at radius 2 is 1.80 bits per heavy atom. The number of alkyl halides is 1. The molecule has 5 aromatic rings. The van der Waals surface area contributed by atoms with E-state index in [1.807, 2.05) is 0 Å². The van der Waals surface area contributed by atoms with E-state index in [1.54, 1.807) is 29.7 Å². The van der Waals surface area contributed by atoms with Crippen molar-refractivity contribution in [3.8, 4) is 22.9 Å². The molecule has 0 unspecified atom stereocenters. The summed E-state index contributed by atoms with van der Waals surface area (Å²) in [6.45, 7) is 2.69. The van der Waals surface area contributed by atoms with Gasteiger partial charge in [-0.25, -0.2) is 23.1 Å². The fourth-order valence-corrected chi connectivity index (χ4v) is 5.67. The number of piperidine rings is 1. The highest BCUT2D eigenvalue weighted by molar-refractivity contribution is 7.59. The molecule has 0 aliphatic carbocycles. The second-order valence-electron chi connectivity index (χ2n) is 10.1. The Bertz CT molecular complexity index is 1880. The quantitative estimate of drug-likeness (QED) is 0.231. The first kappa shape index (κ1) is 35.9. The van der Waals surface area contributed by atoms with Gasteiger partial charge in [0, 0.05) is 35.2 Å². The van der Waals surface area contributed by atoms with Crippen LogP contribution in [0, 0.1) is 25.5 Å². The topological polar surface area (TPSA) is 106 Å². The molecule has 240 valence electrons. The number of benzene rings is 2. The van der Waals surface area contributed by atoms with Crippen LogP contribution in [-0.4, -0.2) is 66.3 Å². The van der Waals surface area contributed by atoms with Crippen LogP contribution in [-0.2, 0) is 4.79 Å². The number of aliphatic hydroxyl groups is 1. The number of fused-ring (bicyclic) bond motifs is 3. The number of aromatic nitrogens is 5. The van der Waals surface area contributed by atoms with Gasteiger partial charge in [0.25, 0.3) is 0 Å². The van der Waals surface area contributed by atoms with Gasteiger partial charge in [-0.05, 0) is 38.5 Å². The van der Waals surface area contributed by atoms with Crippen LogP contribution in [0.1, 0.15) is 31.4 Å². The van der Waals surface area contributed by atoms with Crippen molar-refractivity contribution in [1.82, 2.24) is 29.4 Å². The molecule has 3 aromatic heterocycles. The number of ether oxygens (including phenoxy) is 1. The molecule has 0 saturated carbocycles. The Labute approximate surface area is 276 Å². The lowest BCUT2D eigenvalue weighted by molar-refractivity contribution is -0.137. The van der Waals surface area contributed by atoms with Gasteiger partial charge >= 0.3 is 6.01 Å². The number of likely N-dealkylation sites (tertiary alicyclic amines) is 1. The number of pyridine rings is 1. The Morgan fingerprint density at radius 1 is 1.04 bits per heavy atom. The number of aliphatic hydroxyl groups excluding tert-OH is 1. The zero-order valence-corrected chi connectivity index (χ0v) is 26.2. The highest BCUT2D eigenvalue weighted by Crippen LogP contribution is 2.39. The molecule has 45 heavy (non-hydrogen) atoms. The molecule has 2 atom stereocenters. The number of imidazole rings is 1. The fraction of sp³-hybridized carbons (Fsp3) is 0.300. The average molecular weight is 681 g/mol. The number of rotatable bonds is 5. The van der Waals surface area contributed by atoms with Crippen LogP contribution in [0.2, 0.25) is 5.02 Å². The van der Waals surface area contributed by atoms with E-state index in [-0.39, 0.29) is 75.5 Å². The zero-order chi connectivity index (χ0) is 29.7. The summed E-state index contributed by atoms with van der Waals surface area (Å²) in [4.78, 5) is 30.0. The molecule has 9 nitrogen and oxygen atoms in total. The molecule has 1 amide bonds. The third-order valence-electron chi connectivity index (χ3n) is 7.44. The summed E-state index contributed by atoms with van der Waals surface area (Å²) in [7, 11) is 0. The van der Waals surface area contributed by atoms with Crippen LogP contribution in [0.5, 0.6) is 11.8 Å². The molecule has 0 radical (unpaired) electrons. The number of hydrogen-bond acceptors (Lipinski definition) is 7. The number of amides is 1. The van der Waals surface area contributed by atoms with Crippen molar-refractivity contribution in [3.05, 3.63) is 70.9 Å². The van der Waals surface area contributed by atoms with Crippen molar-refractivity contribution >= 4 is 66.4 Å². The third-order valence-corrected chi connectivity index (χ3v) is 7.76. The molecular formula is C30H32ClF3N6O3S2. The van der Waals surface area contributed by atoms with Crippen molar-refractivity contribution in [2.75, 3.05) is 19.7 Å². The van der Waals surface area contributed by atoms with E-state index in [2.05, 4.69) is 19.9 Å². The van der Waals surface area contributed by atoms with E-state index in [1.165, 1.54) is 30.2 Å². The lowest BCUT2D eigenvalue weighted by Crippen LogP contribution is -2.46. The maximum Gasteiger partial charge on any atom is 0.322 e. The van der Waals surface area contributed by atoms with Gasteiger partial charge in [0.2, 0.25) is 5.91 Å². The first-order valence-corrected chi connectivity index (χ1v) is 13.5. The summed E-state index contributed by atoms with van der Waals surface area (Å²) in [5.41, 5.74) is 2.15. The van der Waals surface area contributed by atoms with Crippen molar-refractivity contribution in [1.29, 1.82) is 0 Å². The Morgan fingerprint density at radius 3 is 2.47 bits per heavy atom. The van der Waals surface area contributed by atoms with Crippen molar-refractivity contribution in [2.24, 2.45) is 0 Å². The first-order chi connectivity index (χ1) is 20.1. The zero-order valence-electron chi connectivity index (χ0n) is 23.5. The monoisotopic (exact) mass is 680 g/mol. The first-order valence-electron chi connectivity index (χ1n) is 13.1. The third kappa shape index (κ3) is 6.69. The fourth-order valence-electron chi connectivity index (χ4n) is 5.40. The van der Waals surface area contributed by atoms with Gasteiger partial charge < -0.3 is 19.3 Å². The smallest absolute Gasteiger partial charge is 0.322 e. The summed E-state index contributed by atoms with van der Waals surface area (Å²) >= 11 is 6.58. The van der Waals surface area contributed by atoms with Crippen molar-refractivity contribution < 1.29 is 27.8 Å². The Balaban J connectivity index is 0.00000184. The van der Waals surface area contributed by atoms with E-state index in [4.69, 9.17) is 16.3 Å². The van der Waals surface area contributed by atoms with E-state index in [0.717, 1.165) is 6.20 Å². The maximum absolute atomic E-state index is 15.5. The highest BCUT2D eigenvalue weighted by atomic mass is 35.5. The van der Waals surface area contributed by atoms with Gasteiger partial charge in [0.05, 0.1) is 46.7 Å². The van der Waals surface area contributed by atoms with Crippen LogP contribution in [0.15, 0.2) is 42.7 Å². The predicted molar refractivity (Wildman–Crippen MR) is 177 cm³/mol. The summed E-state index contributed by atoms with van der Waals surface area (Å²) < 4.78 is 51.9. The van der Waals surface area contributed by atoms with Crippen LogP contribution >= 0.6 is 38.6 Å². The van der Waals surface area contributed by atoms with Crippen molar-refractivity contribution in [3.63, 3.8) is 0 Å². The van der Waals surface area contributed by atoms with Gasteiger partial charge in [-0.3, -0.25) is 9.78 Å². The van der Waals surface area contributed by atoms with Gasteiger partial charge in [-0.2, -0.15) is 32.0 Å². The van der Waals surface area contributed by atoms with Crippen LogP contribution in [0.25, 0.3) is 33.1 Å². The van der Waals surface area contributed by atoms with E-state index in [9.17, 15) is 14.3 Å². The largest absolute Gasteiger partial charge is 0.424 e. The van der Waals surface area contributed by atoms with Gasteiger partial charge in [-0.1, -0.05) is 19.0 Å². The minimum absolute atomic E-state index is 0. The van der Waals surface area contributed by atoms with Crippen LogP contribution < -0.4 is 4.74 Å². The number of carbonyl (C=O) groups is 1. The highest BCUT2D eigenvalue weighted by Gasteiger charge is 2.34. The van der Waals surface area contributed by atoms with Gasteiger partial charge in [-0.15, -0.1) is 0 Å². The van der Waals surface area contributed by atoms with Gasteiger partial charge in [0.1, 0.15) is 35.7 Å². The lowest BCUT2D eigenvalue weighted by Gasteiger charge is -2.35. The number of hydrogen-bond donors (Lipinski definition) is 1. The number of aryl methyl sites for hydroxylation is 2. The molecule has 0 spiro atoms. The van der Waals surface area contributed by atoms with Gasteiger partial charge in [0.15, 0.2) is 5.82 Å². The molecule has 0 bridgehead atoms. The standard InChI is InChI=1S/C29H24ClF3N6O3.CH4.2H2S/c1-14-22(32)10-35-29(36-14)42-16-3-4-17(20(30)7-16)18-8-19-24(9-21(18)31)34-11-25-28(19)39(15(2)37-25)26-5-6-38(12-23(26)33)27(41)13-40;;;/h3-4,7-11,23,26,40H,5-6,12-13H2,1-2H3;1H4;2*1H2/t23-,26-;;;/m0.../s1. The summed E-state index contributed by atoms with van der Waals surface area (Å²) in [5, 5.41) is 9.92. The van der Waals surface area contributed by atoms with E-state index < -0.39 is 36.4 Å². The van der Waals surface area contributed by atoms with Crippen LogP contribution in [0.4, 0.5) is 13.2 Å². The molecule has 1 aliphatic heterocycles. The maximum atomic E-state index is 15.5. The number of nitrogens with zero attached hydrogens (tertiary/aromatic N) is 6. The number of halogens is 4. The molecule has 6 rings (SSSR count). The normalized spacial score (nSPS) is 16.1. The van der Waals surface area contributed by atoms with E-state index >= 15 is 8.78 Å². The predicted octanol–water partition coefficient (Wildman–Crippen LogP) is 6.35. The summed E-state index contributed by atoms with van der Waals surface area (Å²) in [6.07, 6.45) is 1.42. The Hall–Kier alpha value is -3.59. The second-order valence-corrected chi connectivity index (χ2v) is 10.5. The molecule has 1 aliphatic rings. The minimum atomic E-state index is -1.41. The molecule has 1 saturated heterocycles. The lowest BCUT2D eigenvalue weighted by atomic mass is 10.00. The SMILES string of the molecule is C.Cc1nc(Oc2ccc(-c3cc4c(cc3F)ncc3nc(C)n([C@H]5CCN(C(=O)CO)C[C@@H]5F)c34)c(Cl)c2)ncc1F.S.S. The minimum Gasteiger partial charge on any atom is -0.424 e. The molecule has 1 N–H and O–H groups in total. The summed E-state index contributed by atoms with van der Waals surface area (Å²) in [5.74, 6) is -0.825. The Kier molecular flexibility index (Phi) is 11.3. The summed E-state index contributed by atoms with van der Waals surface area (Å²) in [6, 6.07) is 6.84. The molecular weight excluding hydrogens is 649 g/mol. The average Bonchev–Trinajstić information content (AvgIpc) is 3.30. The number of carbonyl (C=O) groups excluding carboxylic acids is 1. The van der Waals surface area contributed by atoms with E-state index in [0.29, 0.717) is 39.7 Å².